The fourth-order valence-corrected chi connectivity index (χ4v) is 4.25. The van der Waals surface area contributed by atoms with E-state index < -0.39 is 48.2 Å². The van der Waals surface area contributed by atoms with Crippen molar-refractivity contribution >= 4 is 35.4 Å². The first-order valence-electron chi connectivity index (χ1n) is 11.9. The standard InChI is InChI=1S/C26H23F3N4O7/c1-13(24(37)38)12-40-18-8-16(26(27,28)29)7-17(9-18)31-25(39)30-10-14-2-3-19-15(6-14)11-33(23(19)36)20-4-5-21(34)32-22(20)35/h2-3,6-9,20H,1,4-5,10-12H2,(H,37,38)(H2,30,31,39)(H,32,34,35). The minimum Gasteiger partial charge on any atom is -0.489 e. The molecular formula is C26H23F3N4O7. The molecule has 0 saturated carbocycles. The number of aliphatic carboxylic acids is 1. The molecule has 0 spiro atoms. The minimum absolute atomic E-state index is 0.0352. The number of fused-ring (bicyclic) bond motifs is 1. The van der Waals surface area contributed by atoms with E-state index in [2.05, 4.69) is 22.5 Å². The highest BCUT2D eigenvalue weighted by atomic mass is 19.4. The summed E-state index contributed by atoms with van der Waals surface area (Å²) in [5.41, 5.74) is -0.141. The first kappa shape index (κ1) is 28.1. The van der Waals surface area contributed by atoms with Gasteiger partial charge in [-0.05, 0) is 35.7 Å². The summed E-state index contributed by atoms with van der Waals surface area (Å²) in [6.07, 6.45) is -4.42. The van der Waals surface area contributed by atoms with Crippen molar-refractivity contribution in [2.75, 3.05) is 11.9 Å². The number of imide groups is 1. The molecule has 0 bridgehead atoms. The Balaban J connectivity index is 1.39. The van der Waals surface area contributed by atoms with Gasteiger partial charge in [0.1, 0.15) is 18.4 Å². The molecule has 0 radical (unpaired) electrons. The number of piperidine rings is 1. The third-order valence-corrected chi connectivity index (χ3v) is 6.25. The number of halogens is 3. The van der Waals surface area contributed by atoms with Gasteiger partial charge in [-0.1, -0.05) is 18.7 Å². The number of benzene rings is 2. The van der Waals surface area contributed by atoms with Crippen LogP contribution in [0.3, 0.4) is 0 Å². The molecule has 2 aliphatic rings. The fourth-order valence-electron chi connectivity index (χ4n) is 4.25. The predicted molar refractivity (Wildman–Crippen MR) is 132 cm³/mol. The van der Waals surface area contributed by atoms with Crippen LogP contribution < -0.4 is 20.7 Å². The summed E-state index contributed by atoms with van der Waals surface area (Å²) >= 11 is 0. The summed E-state index contributed by atoms with van der Waals surface area (Å²) in [5.74, 6) is -2.97. The topological polar surface area (TPSA) is 154 Å². The van der Waals surface area contributed by atoms with E-state index in [1.54, 1.807) is 18.2 Å². The summed E-state index contributed by atoms with van der Waals surface area (Å²) in [4.78, 5) is 61.1. The van der Waals surface area contributed by atoms with Gasteiger partial charge in [0.15, 0.2) is 0 Å². The Morgan fingerprint density at radius 3 is 2.58 bits per heavy atom. The molecule has 40 heavy (non-hydrogen) atoms. The number of carbonyl (C=O) groups is 5. The Morgan fingerprint density at radius 1 is 1.15 bits per heavy atom. The first-order chi connectivity index (χ1) is 18.8. The van der Waals surface area contributed by atoms with Crippen LogP contribution in [-0.4, -0.2) is 52.4 Å². The number of anilines is 1. The number of alkyl halides is 3. The van der Waals surface area contributed by atoms with Crippen LogP contribution in [0.2, 0.25) is 0 Å². The Morgan fingerprint density at radius 2 is 1.90 bits per heavy atom. The number of carboxylic acids is 1. The van der Waals surface area contributed by atoms with Gasteiger partial charge < -0.3 is 25.4 Å². The highest BCUT2D eigenvalue weighted by Crippen LogP contribution is 2.34. The van der Waals surface area contributed by atoms with Crippen molar-refractivity contribution < 1.29 is 47.0 Å². The Bertz CT molecular complexity index is 1420. The van der Waals surface area contributed by atoms with E-state index in [-0.39, 0.29) is 48.8 Å². The SMILES string of the molecule is C=C(COc1cc(NC(=O)NCc2ccc3c(c2)CN(C2CCC(=O)NC2=O)C3=O)cc(C(F)(F)F)c1)C(=O)O. The zero-order chi connectivity index (χ0) is 29.2. The molecule has 4 rings (SSSR count). The van der Waals surface area contributed by atoms with Crippen LogP contribution in [0.5, 0.6) is 5.75 Å². The summed E-state index contributed by atoms with van der Waals surface area (Å²) in [6.45, 7) is 2.79. The molecule has 2 aromatic carbocycles. The number of ether oxygens (including phenoxy) is 1. The second kappa shape index (κ2) is 11.1. The number of amides is 5. The third kappa shape index (κ3) is 6.39. The fraction of sp³-hybridized carbons (Fsp3) is 0.269. The van der Waals surface area contributed by atoms with Gasteiger partial charge in [0.05, 0.1) is 11.1 Å². The van der Waals surface area contributed by atoms with Gasteiger partial charge in [-0.15, -0.1) is 0 Å². The summed E-state index contributed by atoms with van der Waals surface area (Å²) in [7, 11) is 0. The lowest BCUT2D eigenvalue weighted by Gasteiger charge is -2.29. The summed E-state index contributed by atoms with van der Waals surface area (Å²) < 4.78 is 45.1. The zero-order valence-corrected chi connectivity index (χ0v) is 20.8. The van der Waals surface area contributed by atoms with Crippen LogP contribution in [0.25, 0.3) is 0 Å². The molecule has 11 nitrogen and oxygen atoms in total. The van der Waals surface area contributed by atoms with E-state index in [0.29, 0.717) is 28.8 Å². The van der Waals surface area contributed by atoms with Gasteiger partial charge in [-0.25, -0.2) is 9.59 Å². The van der Waals surface area contributed by atoms with Crippen LogP contribution in [-0.2, 0) is 33.6 Å². The van der Waals surface area contributed by atoms with Crippen LogP contribution in [0.15, 0.2) is 48.6 Å². The number of rotatable bonds is 8. The Labute approximate surface area is 225 Å². The van der Waals surface area contributed by atoms with Crippen molar-refractivity contribution in [3.05, 3.63) is 70.8 Å². The quantitative estimate of drug-likeness (QED) is 0.286. The molecule has 1 saturated heterocycles. The third-order valence-electron chi connectivity index (χ3n) is 6.25. The highest BCUT2D eigenvalue weighted by Gasteiger charge is 2.39. The van der Waals surface area contributed by atoms with Gasteiger partial charge in [0.25, 0.3) is 5.91 Å². The molecule has 1 unspecified atom stereocenters. The second-order valence-corrected chi connectivity index (χ2v) is 9.14. The Kier molecular flexibility index (Phi) is 7.79. The van der Waals surface area contributed by atoms with Gasteiger partial charge >= 0.3 is 18.2 Å². The number of urea groups is 1. The number of hydrogen-bond acceptors (Lipinski definition) is 6. The predicted octanol–water partition coefficient (Wildman–Crippen LogP) is 2.81. The molecular weight excluding hydrogens is 537 g/mol. The largest absolute Gasteiger partial charge is 0.489 e. The van der Waals surface area contributed by atoms with Crippen LogP contribution in [0.4, 0.5) is 23.7 Å². The zero-order valence-electron chi connectivity index (χ0n) is 20.8. The first-order valence-corrected chi connectivity index (χ1v) is 11.9. The maximum atomic E-state index is 13.3. The number of nitrogens with zero attached hydrogens (tertiary/aromatic N) is 1. The average molecular weight is 560 g/mol. The van der Waals surface area contributed by atoms with Crippen LogP contribution in [0.1, 0.15) is 39.9 Å². The molecule has 1 atom stereocenters. The van der Waals surface area contributed by atoms with Crippen molar-refractivity contribution in [3.8, 4) is 5.75 Å². The van der Waals surface area contributed by atoms with Gasteiger partial charge in [-0.3, -0.25) is 19.7 Å². The van der Waals surface area contributed by atoms with E-state index in [9.17, 15) is 37.1 Å². The van der Waals surface area contributed by atoms with Crippen molar-refractivity contribution in [2.45, 2.75) is 38.1 Å². The second-order valence-electron chi connectivity index (χ2n) is 9.14. The number of carbonyl (C=O) groups excluding carboxylic acids is 4. The lowest BCUT2D eigenvalue weighted by molar-refractivity contribution is -0.138. The van der Waals surface area contributed by atoms with E-state index in [1.807, 2.05) is 0 Å². The lowest BCUT2D eigenvalue weighted by Crippen LogP contribution is -2.52. The highest BCUT2D eigenvalue weighted by molar-refractivity contribution is 6.05. The van der Waals surface area contributed by atoms with Gasteiger partial charge in [-0.2, -0.15) is 13.2 Å². The van der Waals surface area contributed by atoms with Gasteiger partial charge in [0.2, 0.25) is 11.8 Å². The molecule has 1 fully saturated rings. The molecule has 2 aromatic rings. The van der Waals surface area contributed by atoms with Gasteiger partial charge in [0, 0.05) is 36.8 Å². The molecule has 2 aliphatic heterocycles. The van der Waals surface area contributed by atoms with Crippen molar-refractivity contribution in [1.82, 2.24) is 15.5 Å². The Hall–Kier alpha value is -4.88. The van der Waals surface area contributed by atoms with Crippen molar-refractivity contribution in [2.24, 2.45) is 0 Å². The molecule has 2 heterocycles. The monoisotopic (exact) mass is 560 g/mol. The minimum atomic E-state index is -4.76. The van der Waals surface area contributed by atoms with E-state index >= 15 is 0 Å². The summed E-state index contributed by atoms with van der Waals surface area (Å²) in [5, 5.41) is 15.9. The summed E-state index contributed by atoms with van der Waals surface area (Å²) in [6, 6.07) is 5.69. The molecule has 0 aliphatic carbocycles. The van der Waals surface area contributed by atoms with E-state index in [1.165, 1.54) is 4.90 Å². The smallest absolute Gasteiger partial charge is 0.416 e. The number of carboxylic acid groups (broad SMARTS) is 1. The maximum absolute atomic E-state index is 13.3. The molecule has 0 aromatic heterocycles. The maximum Gasteiger partial charge on any atom is 0.416 e. The molecule has 5 amide bonds. The van der Waals surface area contributed by atoms with Crippen molar-refractivity contribution in [1.29, 1.82) is 0 Å². The lowest BCUT2D eigenvalue weighted by atomic mass is 10.0. The molecule has 14 heteroatoms. The van der Waals surface area contributed by atoms with Crippen molar-refractivity contribution in [3.63, 3.8) is 0 Å². The normalized spacial score (nSPS) is 16.7. The average Bonchev–Trinajstić information content (AvgIpc) is 3.20. The van der Waals surface area contributed by atoms with Crippen LogP contribution in [0, 0.1) is 0 Å². The number of hydrogen-bond donors (Lipinski definition) is 4. The molecule has 210 valence electrons. The van der Waals surface area contributed by atoms with E-state index in [0.717, 1.165) is 6.07 Å². The number of nitrogens with one attached hydrogen (secondary N) is 3. The van der Waals surface area contributed by atoms with Crippen LogP contribution >= 0.6 is 0 Å². The van der Waals surface area contributed by atoms with E-state index in [4.69, 9.17) is 9.84 Å². The molecule has 4 N–H and O–H groups in total.